The van der Waals surface area contributed by atoms with E-state index in [-0.39, 0.29) is 42.5 Å². The monoisotopic (exact) mass is 460 g/mol. The van der Waals surface area contributed by atoms with Gasteiger partial charge in [0, 0.05) is 37.5 Å². The predicted molar refractivity (Wildman–Crippen MR) is 118 cm³/mol. The van der Waals surface area contributed by atoms with Crippen LogP contribution >= 0.6 is 36.6 Å². The first kappa shape index (κ1) is 25.2. The first-order chi connectivity index (χ1) is 13.2. The molecule has 2 amide bonds. The van der Waals surface area contributed by atoms with Gasteiger partial charge in [0.15, 0.2) is 5.16 Å². The van der Waals surface area contributed by atoms with E-state index in [9.17, 15) is 9.59 Å². The Kier molecular flexibility index (Phi) is 11.0. The summed E-state index contributed by atoms with van der Waals surface area (Å²) in [6.45, 7) is 2.03. The van der Waals surface area contributed by atoms with Crippen molar-refractivity contribution in [3.63, 3.8) is 0 Å². The van der Waals surface area contributed by atoms with Crippen LogP contribution in [0.1, 0.15) is 28.8 Å². The van der Waals surface area contributed by atoms with E-state index in [1.165, 1.54) is 6.33 Å². The van der Waals surface area contributed by atoms with Crippen molar-refractivity contribution in [3.8, 4) is 0 Å². The van der Waals surface area contributed by atoms with E-state index >= 15 is 0 Å². The molecule has 8 nitrogen and oxygen atoms in total. The Hall–Kier alpha value is -1.81. The van der Waals surface area contributed by atoms with Gasteiger partial charge in [-0.2, -0.15) is 5.10 Å². The summed E-state index contributed by atoms with van der Waals surface area (Å²) in [4.78, 5) is 30.8. The molecule has 4 N–H and O–H groups in total. The second kappa shape index (κ2) is 12.7. The number of hydrogen-bond donors (Lipinski definition) is 3. The van der Waals surface area contributed by atoms with Gasteiger partial charge < -0.3 is 16.0 Å². The largest absolute Gasteiger partial charge is 0.355 e. The summed E-state index contributed by atoms with van der Waals surface area (Å²) in [5.74, 6) is 0.543. The lowest BCUT2D eigenvalue weighted by atomic mass is 9.96. The fourth-order valence-electron chi connectivity index (χ4n) is 3.06. The molecule has 29 heavy (non-hydrogen) atoms. The summed E-state index contributed by atoms with van der Waals surface area (Å²) in [7, 11) is 0. The van der Waals surface area contributed by atoms with Gasteiger partial charge in [-0.1, -0.05) is 23.9 Å². The zero-order valence-corrected chi connectivity index (χ0v) is 18.3. The van der Waals surface area contributed by atoms with Crippen LogP contribution in [0.15, 0.2) is 35.7 Å². The Bertz CT molecular complexity index is 760. The van der Waals surface area contributed by atoms with Crippen molar-refractivity contribution in [1.29, 1.82) is 0 Å². The average Bonchev–Trinajstić information content (AvgIpc) is 3.24. The maximum atomic E-state index is 12.8. The van der Waals surface area contributed by atoms with Gasteiger partial charge in [0.2, 0.25) is 5.91 Å². The number of nitrogens with zero attached hydrogens (tertiary/aromatic N) is 3. The van der Waals surface area contributed by atoms with Crippen LogP contribution in [0, 0.1) is 5.92 Å². The summed E-state index contributed by atoms with van der Waals surface area (Å²) in [5, 5.41) is 10.2. The number of piperidine rings is 1. The number of carbonyl (C=O) groups excluding carboxylic acids is 2. The quantitative estimate of drug-likeness (QED) is 0.542. The van der Waals surface area contributed by atoms with E-state index in [4.69, 9.17) is 5.73 Å². The highest BCUT2D eigenvalue weighted by molar-refractivity contribution is 7.98. The number of rotatable bonds is 7. The first-order valence-corrected chi connectivity index (χ1v) is 10.00. The third kappa shape index (κ3) is 7.18. The SMILES string of the molecule is Cl.Cl.NCCNC(=O)C1CCCN(C(=O)c2ccc(CSc3ncn[nH]3)cc2)C1. The molecule has 0 spiro atoms. The van der Waals surface area contributed by atoms with Gasteiger partial charge in [-0.3, -0.25) is 14.7 Å². The Morgan fingerprint density at radius 1 is 1.28 bits per heavy atom. The molecular weight excluding hydrogens is 435 g/mol. The lowest BCUT2D eigenvalue weighted by molar-refractivity contribution is -0.126. The highest BCUT2D eigenvalue weighted by atomic mass is 35.5. The highest BCUT2D eigenvalue weighted by Gasteiger charge is 2.28. The third-order valence-electron chi connectivity index (χ3n) is 4.49. The Balaban J connectivity index is 0.00000210. The molecule has 1 saturated heterocycles. The first-order valence-electron chi connectivity index (χ1n) is 9.01. The molecule has 1 unspecified atom stereocenters. The standard InChI is InChI=1S/C18H24N6O2S.2ClH/c19-7-8-20-16(25)15-2-1-9-24(10-15)17(26)14-5-3-13(4-6-14)11-27-18-21-12-22-23-18;;/h3-6,12,15H,1-2,7-11,19H2,(H,20,25)(H,21,22,23);2*1H. The van der Waals surface area contributed by atoms with E-state index in [1.807, 2.05) is 24.3 Å². The maximum Gasteiger partial charge on any atom is 0.253 e. The Morgan fingerprint density at radius 3 is 2.69 bits per heavy atom. The lowest BCUT2D eigenvalue weighted by Gasteiger charge is -2.32. The fraction of sp³-hybridized carbons (Fsp3) is 0.444. The van der Waals surface area contributed by atoms with Crippen LogP contribution in [-0.2, 0) is 10.5 Å². The number of benzene rings is 1. The second-order valence-corrected chi connectivity index (χ2v) is 7.41. The van der Waals surface area contributed by atoms with Gasteiger partial charge >= 0.3 is 0 Å². The topological polar surface area (TPSA) is 117 Å². The molecule has 0 bridgehead atoms. The molecule has 1 atom stereocenters. The van der Waals surface area contributed by atoms with Crippen LogP contribution in [0.2, 0.25) is 0 Å². The molecule has 1 aliphatic heterocycles. The van der Waals surface area contributed by atoms with Gasteiger partial charge in [-0.25, -0.2) is 4.98 Å². The average molecular weight is 461 g/mol. The fourth-order valence-corrected chi connectivity index (χ4v) is 3.79. The van der Waals surface area contributed by atoms with Gasteiger partial charge in [-0.15, -0.1) is 24.8 Å². The number of amides is 2. The molecule has 0 aliphatic carbocycles. The van der Waals surface area contributed by atoms with Crippen LogP contribution < -0.4 is 11.1 Å². The summed E-state index contributed by atoms with van der Waals surface area (Å²) in [6.07, 6.45) is 3.11. The number of nitrogens with one attached hydrogen (secondary N) is 2. The number of carbonyl (C=O) groups is 2. The number of likely N-dealkylation sites (tertiary alicyclic amines) is 1. The van der Waals surface area contributed by atoms with Gasteiger partial charge in [-0.05, 0) is 30.5 Å². The Labute approximate surface area is 186 Å². The minimum Gasteiger partial charge on any atom is -0.355 e. The minimum absolute atomic E-state index is 0. The number of aromatic amines is 1. The van der Waals surface area contributed by atoms with Crippen LogP contribution in [-0.4, -0.2) is 58.1 Å². The van der Waals surface area contributed by atoms with Crippen LogP contribution in [0.25, 0.3) is 0 Å². The van der Waals surface area contributed by atoms with Crippen molar-refractivity contribution in [3.05, 3.63) is 41.7 Å². The molecule has 1 aromatic heterocycles. The van der Waals surface area contributed by atoms with E-state index in [0.717, 1.165) is 29.3 Å². The number of halogens is 2. The molecule has 3 rings (SSSR count). The van der Waals surface area contributed by atoms with E-state index in [0.29, 0.717) is 31.7 Å². The van der Waals surface area contributed by atoms with Gasteiger partial charge in [0.1, 0.15) is 6.33 Å². The van der Waals surface area contributed by atoms with Gasteiger partial charge in [0.05, 0.1) is 5.92 Å². The number of hydrogen-bond acceptors (Lipinski definition) is 6. The lowest BCUT2D eigenvalue weighted by Crippen LogP contribution is -2.46. The maximum absolute atomic E-state index is 12.8. The summed E-state index contributed by atoms with van der Waals surface area (Å²) in [6, 6.07) is 7.59. The zero-order valence-electron chi connectivity index (χ0n) is 15.9. The molecule has 0 radical (unpaired) electrons. The molecule has 2 heterocycles. The van der Waals surface area contributed by atoms with E-state index in [1.54, 1.807) is 16.7 Å². The summed E-state index contributed by atoms with van der Waals surface area (Å²) in [5.41, 5.74) is 7.18. The predicted octanol–water partition coefficient (Wildman–Crippen LogP) is 1.87. The number of aromatic nitrogens is 3. The summed E-state index contributed by atoms with van der Waals surface area (Å²) >= 11 is 1.55. The number of thioether (sulfide) groups is 1. The van der Waals surface area contributed by atoms with Crippen LogP contribution in [0.5, 0.6) is 0 Å². The van der Waals surface area contributed by atoms with Crippen molar-refractivity contribution in [2.45, 2.75) is 23.8 Å². The Morgan fingerprint density at radius 2 is 2.03 bits per heavy atom. The molecule has 2 aromatic rings. The normalized spacial score (nSPS) is 15.8. The van der Waals surface area contributed by atoms with Crippen LogP contribution in [0.4, 0.5) is 0 Å². The molecule has 11 heteroatoms. The van der Waals surface area contributed by atoms with Crippen molar-refractivity contribution in [1.82, 2.24) is 25.4 Å². The molecule has 1 aromatic carbocycles. The molecule has 160 valence electrons. The smallest absolute Gasteiger partial charge is 0.253 e. The van der Waals surface area contributed by atoms with Crippen LogP contribution in [0.3, 0.4) is 0 Å². The molecule has 1 aliphatic rings. The second-order valence-electron chi connectivity index (χ2n) is 6.45. The zero-order chi connectivity index (χ0) is 19.1. The van der Waals surface area contributed by atoms with Crippen molar-refractivity contribution in [2.24, 2.45) is 11.7 Å². The van der Waals surface area contributed by atoms with E-state index in [2.05, 4.69) is 20.5 Å². The van der Waals surface area contributed by atoms with Gasteiger partial charge in [0.25, 0.3) is 5.91 Å². The third-order valence-corrected chi connectivity index (χ3v) is 5.44. The molecular formula is C18H26Cl2N6O2S. The van der Waals surface area contributed by atoms with Crippen molar-refractivity contribution >= 4 is 48.4 Å². The number of nitrogens with two attached hydrogens (primary N) is 1. The van der Waals surface area contributed by atoms with E-state index < -0.39 is 0 Å². The number of H-pyrrole nitrogens is 1. The van der Waals surface area contributed by atoms with Crippen molar-refractivity contribution < 1.29 is 9.59 Å². The van der Waals surface area contributed by atoms with Crippen molar-refractivity contribution in [2.75, 3.05) is 26.2 Å². The molecule has 1 fully saturated rings. The minimum atomic E-state index is -0.160. The summed E-state index contributed by atoms with van der Waals surface area (Å²) < 4.78 is 0. The molecule has 0 saturated carbocycles. The highest BCUT2D eigenvalue weighted by Crippen LogP contribution is 2.21.